The molecule has 2 N–H and O–H groups in total. The Bertz CT molecular complexity index is 1490. The molecule has 4 aromatic rings. The average Bonchev–Trinajstić information content (AvgIpc) is 3.41. The molecule has 0 unspecified atom stereocenters. The van der Waals surface area contributed by atoms with E-state index in [0.29, 0.717) is 24.5 Å². The lowest BCUT2D eigenvalue weighted by Crippen LogP contribution is -2.38. The summed E-state index contributed by atoms with van der Waals surface area (Å²) in [4.78, 5) is 46.7. The quantitative estimate of drug-likeness (QED) is 0.346. The van der Waals surface area contributed by atoms with Crippen LogP contribution in [-0.4, -0.2) is 52.3 Å². The first-order chi connectivity index (χ1) is 18.4. The maximum absolute atomic E-state index is 14.9. The third-order valence-electron chi connectivity index (χ3n) is 6.78. The average molecular weight is 515 g/mol. The molecule has 1 aliphatic rings. The molecular formula is C29H27FN4O4. The Kier molecular flexibility index (Phi) is 7.17. The van der Waals surface area contributed by atoms with Crippen LogP contribution in [0.2, 0.25) is 0 Å². The molecule has 194 valence electrons. The number of likely N-dealkylation sites (tertiary alicyclic amines) is 1. The van der Waals surface area contributed by atoms with Crippen LogP contribution in [0, 0.1) is 5.82 Å². The van der Waals surface area contributed by atoms with Crippen LogP contribution in [0.25, 0.3) is 11.0 Å². The lowest BCUT2D eigenvalue weighted by atomic mass is 9.89. The summed E-state index contributed by atoms with van der Waals surface area (Å²) in [7, 11) is 0. The summed E-state index contributed by atoms with van der Waals surface area (Å²) >= 11 is 0. The number of H-pyrrole nitrogens is 1. The van der Waals surface area contributed by atoms with E-state index >= 15 is 0 Å². The van der Waals surface area contributed by atoms with E-state index in [1.807, 2.05) is 36.4 Å². The SMILES string of the molecule is CCOC(=O)c1cccc(C(=O)N2CCC(c3ccc(NC(=O)c4ccc5[nH]ccc5n4)cc3)CC2)c1F. The molecule has 2 aromatic carbocycles. The number of benzene rings is 2. The number of piperidine rings is 1. The number of fused-ring (bicyclic) bond motifs is 1. The number of pyridine rings is 1. The van der Waals surface area contributed by atoms with E-state index in [-0.39, 0.29) is 29.6 Å². The van der Waals surface area contributed by atoms with Gasteiger partial charge in [0.15, 0.2) is 0 Å². The van der Waals surface area contributed by atoms with Crippen LogP contribution in [0.1, 0.15) is 62.5 Å². The minimum absolute atomic E-state index is 0.124. The van der Waals surface area contributed by atoms with Gasteiger partial charge in [-0.1, -0.05) is 18.2 Å². The number of rotatable bonds is 6. The number of amides is 2. The topological polar surface area (TPSA) is 104 Å². The predicted octanol–water partition coefficient (Wildman–Crippen LogP) is 5.15. The highest BCUT2D eigenvalue weighted by atomic mass is 19.1. The van der Waals surface area contributed by atoms with Gasteiger partial charge in [-0.2, -0.15) is 0 Å². The molecule has 0 bridgehead atoms. The monoisotopic (exact) mass is 514 g/mol. The number of hydrogen-bond acceptors (Lipinski definition) is 5. The number of carbonyl (C=O) groups is 3. The predicted molar refractivity (Wildman–Crippen MR) is 141 cm³/mol. The number of esters is 1. The van der Waals surface area contributed by atoms with Crippen LogP contribution in [0.15, 0.2) is 66.9 Å². The van der Waals surface area contributed by atoms with Gasteiger partial charge in [-0.05, 0) is 73.7 Å². The van der Waals surface area contributed by atoms with Crippen molar-refractivity contribution < 1.29 is 23.5 Å². The Labute approximate surface area is 218 Å². The van der Waals surface area contributed by atoms with Gasteiger partial charge in [0.05, 0.1) is 28.8 Å². The maximum atomic E-state index is 14.9. The second kappa shape index (κ2) is 10.8. The molecule has 0 spiro atoms. The lowest BCUT2D eigenvalue weighted by Gasteiger charge is -2.32. The van der Waals surface area contributed by atoms with Gasteiger partial charge in [-0.15, -0.1) is 0 Å². The second-order valence-electron chi connectivity index (χ2n) is 9.14. The van der Waals surface area contributed by atoms with Crippen molar-refractivity contribution in [2.45, 2.75) is 25.7 Å². The van der Waals surface area contributed by atoms with E-state index in [9.17, 15) is 18.8 Å². The molecule has 2 amide bonds. The van der Waals surface area contributed by atoms with Crippen molar-refractivity contribution >= 4 is 34.5 Å². The maximum Gasteiger partial charge on any atom is 0.341 e. The van der Waals surface area contributed by atoms with Gasteiger partial charge >= 0.3 is 5.97 Å². The number of nitrogens with zero attached hydrogens (tertiary/aromatic N) is 2. The molecular weight excluding hydrogens is 487 g/mol. The molecule has 0 radical (unpaired) electrons. The standard InChI is InChI=1S/C29H27FN4O4/c1-2-38-29(37)22-5-3-4-21(26(22)30)28(36)34-16-13-19(14-17-34)18-6-8-20(9-7-18)32-27(35)25-11-10-23-24(33-25)12-15-31-23/h3-12,15,19,31H,2,13-14,16-17H2,1H3,(H,32,35). The molecule has 1 saturated heterocycles. The molecule has 0 aliphatic carbocycles. The van der Waals surface area contributed by atoms with Gasteiger partial charge < -0.3 is 19.9 Å². The first-order valence-electron chi connectivity index (χ1n) is 12.5. The molecule has 8 nitrogen and oxygen atoms in total. The van der Waals surface area contributed by atoms with Crippen LogP contribution < -0.4 is 5.32 Å². The fourth-order valence-electron chi connectivity index (χ4n) is 4.74. The Hall–Kier alpha value is -4.53. The summed E-state index contributed by atoms with van der Waals surface area (Å²) in [5.41, 5.74) is 3.35. The van der Waals surface area contributed by atoms with Gasteiger partial charge in [0.1, 0.15) is 11.5 Å². The van der Waals surface area contributed by atoms with Crippen molar-refractivity contribution in [3.8, 4) is 0 Å². The summed E-state index contributed by atoms with van der Waals surface area (Å²) in [6.45, 7) is 2.71. The molecule has 3 heterocycles. The number of anilines is 1. The van der Waals surface area contributed by atoms with E-state index < -0.39 is 17.7 Å². The highest BCUT2D eigenvalue weighted by molar-refractivity contribution is 6.04. The summed E-state index contributed by atoms with van der Waals surface area (Å²) in [5, 5.41) is 2.88. The fraction of sp³-hybridized carbons (Fsp3) is 0.241. The van der Waals surface area contributed by atoms with Crippen molar-refractivity contribution in [3.63, 3.8) is 0 Å². The molecule has 0 saturated carbocycles. The smallest absolute Gasteiger partial charge is 0.341 e. The zero-order valence-electron chi connectivity index (χ0n) is 20.9. The number of aromatic nitrogens is 2. The van der Waals surface area contributed by atoms with Crippen molar-refractivity contribution in [1.82, 2.24) is 14.9 Å². The Morgan fingerprint density at radius 3 is 2.50 bits per heavy atom. The first-order valence-corrected chi connectivity index (χ1v) is 12.5. The van der Waals surface area contributed by atoms with Crippen LogP contribution in [-0.2, 0) is 4.74 Å². The number of halogens is 1. The summed E-state index contributed by atoms with van der Waals surface area (Å²) in [6.07, 6.45) is 3.22. The second-order valence-corrected chi connectivity index (χ2v) is 9.14. The number of ether oxygens (including phenoxy) is 1. The number of nitrogens with one attached hydrogen (secondary N) is 2. The Morgan fingerprint density at radius 2 is 1.76 bits per heavy atom. The number of hydrogen-bond donors (Lipinski definition) is 2. The van der Waals surface area contributed by atoms with Gasteiger partial charge in [0.2, 0.25) is 0 Å². The number of aromatic amines is 1. The third-order valence-corrected chi connectivity index (χ3v) is 6.78. The first kappa shape index (κ1) is 25.1. The Morgan fingerprint density at radius 1 is 1.03 bits per heavy atom. The van der Waals surface area contributed by atoms with E-state index in [0.717, 1.165) is 29.4 Å². The summed E-state index contributed by atoms with van der Waals surface area (Å²) in [6, 6.07) is 17.2. The minimum Gasteiger partial charge on any atom is -0.462 e. The summed E-state index contributed by atoms with van der Waals surface area (Å²) < 4.78 is 19.8. The van der Waals surface area contributed by atoms with Gasteiger partial charge in [0.25, 0.3) is 11.8 Å². The van der Waals surface area contributed by atoms with Crippen molar-refractivity contribution in [1.29, 1.82) is 0 Å². The number of carbonyl (C=O) groups excluding carboxylic acids is 3. The van der Waals surface area contributed by atoms with E-state index in [2.05, 4.69) is 15.3 Å². The lowest BCUT2D eigenvalue weighted by molar-refractivity contribution is 0.0520. The fourth-order valence-corrected chi connectivity index (χ4v) is 4.74. The molecule has 2 aromatic heterocycles. The Balaban J connectivity index is 1.19. The van der Waals surface area contributed by atoms with Gasteiger partial charge in [-0.25, -0.2) is 14.2 Å². The molecule has 0 atom stereocenters. The van der Waals surface area contributed by atoms with Crippen molar-refractivity contribution in [2.75, 3.05) is 25.0 Å². The molecule has 1 aliphatic heterocycles. The van der Waals surface area contributed by atoms with Crippen molar-refractivity contribution in [2.24, 2.45) is 0 Å². The third kappa shape index (κ3) is 5.13. The highest BCUT2D eigenvalue weighted by Crippen LogP contribution is 2.30. The van der Waals surface area contributed by atoms with E-state index in [1.54, 1.807) is 24.1 Å². The van der Waals surface area contributed by atoms with Gasteiger partial charge in [0, 0.05) is 25.0 Å². The van der Waals surface area contributed by atoms with Crippen LogP contribution in [0.4, 0.5) is 10.1 Å². The van der Waals surface area contributed by atoms with Crippen LogP contribution >= 0.6 is 0 Å². The van der Waals surface area contributed by atoms with E-state index in [1.165, 1.54) is 18.2 Å². The van der Waals surface area contributed by atoms with Crippen molar-refractivity contribution in [3.05, 3.63) is 95.1 Å². The summed E-state index contributed by atoms with van der Waals surface area (Å²) in [5.74, 6) is -2.12. The molecule has 9 heteroatoms. The zero-order chi connectivity index (χ0) is 26.6. The zero-order valence-corrected chi connectivity index (χ0v) is 20.9. The van der Waals surface area contributed by atoms with Crippen LogP contribution in [0.3, 0.4) is 0 Å². The molecule has 1 fully saturated rings. The van der Waals surface area contributed by atoms with E-state index in [4.69, 9.17) is 4.74 Å². The molecule has 38 heavy (non-hydrogen) atoms. The van der Waals surface area contributed by atoms with Crippen LogP contribution in [0.5, 0.6) is 0 Å². The molecule has 5 rings (SSSR count). The largest absolute Gasteiger partial charge is 0.462 e. The minimum atomic E-state index is -0.848. The highest BCUT2D eigenvalue weighted by Gasteiger charge is 2.28. The van der Waals surface area contributed by atoms with Gasteiger partial charge in [-0.3, -0.25) is 9.59 Å². The normalized spacial score (nSPS) is 13.9.